The van der Waals surface area contributed by atoms with Gasteiger partial charge < -0.3 is 10.5 Å². The number of hydroxylamine groups is 1. The van der Waals surface area contributed by atoms with E-state index < -0.39 is 11.4 Å². The third-order valence-corrected chi connectivity index (χ3v) is 4.01. The van der Waals surface area contributed by atoms with Crippen LogP contribution in [0.3, 0.4) is 0 Å². The first kappa shape index (κ1) is 14.6. The van der Waals surface area contributed by atoms with Gasteiger partial charge in [0.2, 0.25) is 0 Å². The molecule has 5 nitrogen and oxygen atoms in total. The van der Waals surface area contributed by atoms with E-state index in [1.54, 1.807) is 12.1 Å². The number of fused-ring (bicyclic) bond motifs is 1. The highest BCUT2D eigenvalue weighted by Crippen LogP contribution is 2.34. The first-order valence-corrected chi connectivity index (χ1v) is 7.07. The summed E-state index contributed by atoms with van der Waals surface area (Å²) in [6.45, 7) is 0. The van der Waals surface area contributed by atoms with E-state index in [9.17, 15) is 10.0 Å². The summed E-state index contributed by atoms with van der Waals surface area (Å²) in [6, 6.07) is 14.8. The third kappa shape index (κ3) is 2.45. The van der Waals surface area contributed by atoms with Crippen molar-refractivity contribution in [1.82, 2.24) is 0 Å². The number of anilines is 1. The van der Waals surface area contributed by atoms with Crippen LogP contribution in [0.5, 0.6) is 5.75 Å². The number of methoxy groups -OCH3 is 1. The molecule has 0 fully saturated rings. The molecule has 0 saturated carbocycles. The molecular formula is C17H18N2O3. The van der Waals surface area contributed by atoms with Crippen molar-refractivity contribution in [2.75, 3.05) is 12.2 Å². The molecule has 2 aromatic carbocycles. The number of rotatable bonds is 3. The minimum atomic E-state index is -1.16. The number of nitrogens with two attached hydrogens (primary N) is 1. The number of carbonyl (C=O) groups is 1. The molecule has 1 heterocycles. The maximum atomic E-state index is 12.5. The van der Waals surface area contributed by atoms with E-state index in [0.717, 1.165) is 11.1 Å². The average Bonchev–Trinajstić information content (AvgIpc) is 2.53. The number of benzene rings is 2. The molecule has 0 unspecified atom stereocenters. The molecule has 5 heteroatoms. The molecule has 2 aromatic rings. The summed E-state index contributed by atoms with van der Waals surface area (Å²) in [5.74, 6) is 0.0790. The van der Waals surface area contributed by atoms with Gasteiger partial charge in [0.1, 0.15) is 11.3 Å². The lowest BCUT2D eigenvalue weighted by Gasteiger charge is -2.37. The van der Waals surface area contributed by atoms with Crippen LogP contribution < -0.4 is 15.5 Å². The zero-order chi connectivity index (χ0) is 15.7. The van der Waals surface area contributed by atoms with Gasteiger partial charge in [-0.15, -0.1) is 0 Å². The van der Waals surface area contributed by atoms with Gasteiger partial charge in [-0.25, -0.2) is 0 Å². The lowest BCUT2D eigenvalue weighted by atomic mass is 9.81. The molecule has 0 aliphatic carbocycles. The fraction of sp³-hybridized carbons (Fsp3) is 0.235. The lowest BCUT2D eigenvalue weighted by Crippen LogP contribution is -2.60. The van der Waals surface area contributed by atoms with Crippen molar-refractivity contribution in [3.63, 3.8) is 0 Å². The predicted molar refractivity (Wildman–Crippen MR) is 83.0 cm³/mol. The van der Waals surface area contributed by atoms with Crippen LogP contribution in [0.1, 0.15) is 11.1 Å². The Morgan fingerprint density at radius 2 is 2.00 bits per heavy atom. The minimum absolute atomic E-state index is 0.370. The molecule has 0 bridgehead atoms. The predicted octanol–water partition coefficient (Wildman–Crippen LogP) is 1.91. The lowest BCUT2D eigenvalue weighted by molar-refractivity contribution is -0.129. The number of hydrogen-bond acceptors (Lipinski definition) is 4. The monoisotopic (exact) mass is 298 g/mol. The highest BCUT2D eigenvalue weighted by molar-refractivity contribution is 6.01. The van der Waals surface area contributed by atoms with Crippen molar-refractivity contribution in [3.8, 4) is 5.75 Å². The molecule has 0 saturated heterocycles. The highest BCUT2D eigenvalue weighted by atomic mass is 16.5. The van der Waals surface area contributed by atoms with E-state index in [2.05, 4.69) is 0 Å². The molecule has 0 aromatic heterocycles. The zero-order valence-corrected chi connectivity index (χ0v) is 12.3. The van der Waals surface area contributed by atoms with Gasteiger partial charge in [-0.1, -0.05) is 36.4 Å². The minimum Gasteiger partial charge on any atom is -0.497 e. The first-order chi connectivity index (χ1) is 10.5. The van der Waals surface area contributed by atoms with Crippen molar-refractivity contribution in [3.05, 3.63) is 59.7 Å². The summed E-state index contributed by atoms with van der Waals surface area (Å²) >= 11 is 0. The van der Waals surface area contributed by atoms with Crippen LogP contribution in [0, 0.1) is 0 Å². The molecule has 1 aliphatic rings. The van der Waals surface area contributed by atoms with Crippen LogP contribution in [-0.2, 0) is 17.6 Å². The van der Waals surface area contributed by atoms with E-state index in [0.29, 0.717) is 29.3 Å². The fourth-order valence-electron chi connectivity index (χ4n) is 2.85. The number of ether oxygens (including phenoxy) is 1. The van der Waals surface area contributed by atoms with E-state index in [1.807, 2.05) is 36.4 Å². The van der Waals surface area contributed by atoms with Crippen LogP contribution in [0.25, 0.3) is 0 Å². The molecule has 1 aliphatic heterocycles. The summed E-state index contributed by atoms with van der Waals surface area (Å²) in [4.78, 5) is 12.5. The molecule has 1 amide bonds. The Hall–Kier alpha value is -2.37. The highest BCUT2D eigenvalue weighted by Gasteiger charge is 2.43. The van der Waals surface area contributed by atoms with Gasteiger partial charge in [-0.3, -0.25) is 10.0 Å². The second kappa shape index (κ2) is 5.44. The quantitative estimate of drug-likeness (QED) is 0.849. The van der Waals surface area contributed by atoms with Crippen molar-refractivity contribution in [1.29, 1.82) is 0 Å². The largest absolute Gasteiger partial charge is 0.497 e. The van der Waals surface area contributed by atoms with Crippen LogP contribution in [-0.4, -0.2) is 23.8 Å². The molecule has 0 radical (unpaired) electrons. The maximum Gasteiger partial charge on any atom is 0.271 e. The summed E-state index contributed by atoms with van der Waals surface area (Å²) in [6.07, 6.45) is 0.742. The van der Waals surface area contributed by atoms with Crippen molar-refractivity contribution in [2.24, 2.45) is 5.73 Å². The van der Waals surface area contributed by atoms with Gasteiger partial charge in [0.05, 0.1) is 12.8 Å². The molecule has 114 valence electrons. The third-order valence-electron chi connectivity index (χ3n) is 4.01. The summed E-state index contributed by atoms with van der Waals surface area (Å²) in [7, 11) is 1.54. The second-order valence-corrected chi connectivity index (χ2v) is 5.61. The smallest absolute Gasteiger partial charge is 0.271 e. The normalized spacial score (nSPS) is 20.7. The second-order valence-electron chi connectivity index (χ2n) is 5.61. The zero-order valence-electron chi connectivity index (χ0n) is 12.3. The Labute approximate surface area is 128 Å². The first-order valence-electron chi connectivity index (χ1n) is 7.07. The standard InChI is InChI=1S/C17H18N2O3/c1-22-14-8-7-13-11-17(18,10-12-5-3-2-4-6-12)16(20)19(21)15(13)9-14/h2-9,21H,10-11,18H2,1H3/t17-/m0/s1. The molecule has 22 heavy (non-hydrogen) atoms. The Kier molecular flexibility index (Phi) is 3.60. The number of carbonyl (C=O) groups excluding carboxylic acids is 1. The van der Waals surface area contributed by atoms with Crippen LogP contribution in [0.2, 0.25) is 0 Å². The van der Waals surface area contributed by atoms with Gasteiger partial charge in [0.25, 0.3) is 5.91 Å². The molecular weight excluding hydrogens is 280 g/mol. The van der Waals surface area contributed by atoms with Crippen molar-refractivity contribution < 1.29 is 14.7 Å². The van der Waals surface area contributed by atoms with Gasteiger partial charge in [-0.05, 0) is 23.6 Å². The SMILES string of the molecule is COc1ccc2c(c1)N(O)C(=O)[C@](N)(Cc1ccccc1)C2. The van der Waals surface area contributed by atoms with Crippen LogP contribution >= 0.6 is 0 Å². The van der Waals surface area contributed by atoms with Crippen LogP contribution in [0.15, 0.2) is 48.5 Å². The Morgan fingerprint density at radius 3 is 2.68 bits per heavy atom. The Bertz CT molecular complexity index is 702. The summed E-state index contributed by atoms with van der Waals surface area (Å²) in [5, 5.41) is 10.9. The van der Waals surface area contributed by atoms with Gasteiger partial charge in [-0.2, -0.15) is 5.06 Å². The molecule has 3 N–H and O–H groups in total. The summed E-state index contributed by atoms with van der Waals surface area (Å²) < 4.78 is 5.13. The van der Waals surface area contributed by atoms with E-state index in [-0.39, 0.29) is 0 Å². The van der Waals surface area contributed by atoms with Gasteiger partial charge in [0.15, 0.2) is 0 Å². The van der Waals surface area contributed by atoms with E-state index >= 15 is 0 Å². The Morgan fingerprint density at radius 1 is 1.27 bits per heavy atom. The topological polar surface area (TPSA) is 75.8 Å². The number of amides is 1. The van der Waals surface area contributed by atoms with Gasteiger partial charge >= 0.3 is 0 Å². The van der Waals surface area contributed by atoms with E-state index in [1.165, 1.54) is 7.11 Å². The number of nitrogens with zero attached hydrogens (tertiary/aromatic N) is 1. The average molecular weight is 298 g/mol. The van der Waals surface area contributed by atoms with Crippen molar-refractivity contribution in [2.45, 2.75) is 18.4 Å². The van der Waals surface area contributed by atoms with Crippen LogP contribution in [0.4, 0.5) is 5.69 Å². The summed E-state index contributed by atoms with van der Waals surface area (Å²) in [5.41, 5.74) is 7.38. The van der Waals surface area contributed by atoms with Crippen molar-refractivity contribution >= 4 is 11.6 Å². The number of hydrogen-bond donors (Lipinski definition) is 2. The Balaban J connectivity index is 1.96. The maximum absolute atomic E-state index is 12.5. The fourth-order valence-corrected chi connectivity index (χ4v) is 2.85. The molecule has 0 spiro atoms. The van der Waals surface area contributed by atoms with Gasteiger partial charge in [0, 0.05) is 12.5 Å². The molecule has 3 rings (SSSR count). The van der Waals surface area contributed by atoms with E-state index in [4.69, 9.17) is 10.5 Å². The molecule has 1 atom stereocenters.